The lowest BCUT2D eigenvalue weighted by Gasteiger charge is -2.13. The number of carbonyl (C=O) groups is 1. The van der Waals surface area contributed by atoms with Crippen molar-refractivity contribution < 1.29 is 4.79 Å². The Morgan fingerprint density at radius 2 is 1.77 bits per heavy atom. The molecular formula is C23H19N5O2S. The Morgan fingerprint density at radius 3 is 2.55 bits per heavy atom. The molecule has 0 saturated carbocycles. The van der Waals surface area contributed by atoms with E-state index in [1.165, 1.54) is 11.8 Å². The number of rotatable bonds is 5. The lowest BCUT2D eigenvalue weighted by Crippen LogP contribution is -2.22. The first-order chi connectivity index (χ1) is 15.1. The van der Waals surface area contributed by atoms with Gasteiger partial charge in [0, 0.05) is 13.2 Å². The zero-order chi connectivity index (χ0) is 21.5. The molecule has 5 rings (SSSR count). The normalized spacial score (nSPS) is 11.4. The summed E-state index contributed by atoms with van der Waals surface area (Å²) in [7, 11) is 1.85. The molecule has 0 N–H and O–H groups in total. The molecule has 0 amide bonds. The molecule has 0 aliphatic heterocycles. The van der Waals surface area contributed by atoms with E-state index in [1.807, 2.05) is 73.1 Å². The Morgan fingerprint density at radius 1 is 1.00 bits per heavy atom. The van der Waals surface area contributed by atoms with E-state index in [1.54, 1.807) is 21.3 Å². The highest BCUT2D eigenvalue weighted by atomic mass is 32.2. The molecule has 7 nitrogen and oxygen atoms in total. The zero-order valence-electron chi connectivity index (χ0n) is 17.0. The van der Waals surface area contributed by atoms with Gasteiger partial charge in [-0.15, -0.1) is 10.2 Å². The van der Waals surface area contributed by atoms with Crippen molar-refractivity contribution in [3.63, 3.8) is 0 Å². The van der Waals surface area contributed by atoms with Crippen molar-refractivity contribution in [2.24, 2.45) is 7.05 Å². The van der Waals surface area contributed by atoms with Crippen LogP contribution in [0.25, 0.3) is 22.4 Å². The topological polar surface area (TPSA) is 74.2 Å². The summed E-state index contributed by atoms with van der Waals surface area (Å²) in [6.45, 7) is 1.96. The van der Waals surface area contributed by atoms with Crippen LogP contribution >= 0.6 is 11.8 Å². The summed E-state index contributed by atoms with van der Waals surface area (Å²) in [5.41, 5.74) is 2.92. The highest BCUT2D eigenvalue weighted by Crippen LogP contribution is 2.24. The second-order valence-corrected chi connectivity index (χ2v) is 8.22. The Labute approximate surface area is 182 Å². The van der Waals surface area contributed by atoms with Crippen LogP contribution in [0.5, 0.6) is 0 Å². The second-order valence-electron chi connectivity index (χ2n) is 7.28. The van der Waals surface area contributed by atoms with Crippen LogP contribution in [0.1, 0.15) is 16.1 Å². The van der Waals surface area contributed by atoms with Crippen LogP contribution in [0, 0.1) is 6.92 Å². The number of aryl methyl sites for hydroxylation is 2. The van der Waals surface area contributed by atoms with E-state index in [-0.39, 0.29) is 17.1 Å². The number of fused-ring (bicyclic) bond motifs is 3. The molecule has 0 aliphatic carbocycles. The molecule has 3 heterocycles. The van der Waals surface area contributed by atoms with E-state index in [9.17, 15) is 9.59 Å². The highest BCUT2D eigenvalue weighted by Gasteiger charge is 2.20. The molecule has 5 aromatic rings. The molecule has 0 spiro atoms. The van der Waals surface area contributed by atoms with Crippen LogP contribution in [-0.4, -0.2) is 35.3 Å². The van der Waals surface area contributed by atoms with Crippen LogP contribution in [-0.2, 0) is 7.05 Å². The molecule has 0 unspecified atom stereocenters. The maximum atomic E-state index is 13.4. The van der Waals surface area contributed by atoms with E-state index >= 15 is 0 Å². The molecule has 0 aliphatic rings. The number of hydrogen-bond donors (Lipinski definition) is 0. The number of aromatic nitrogens is 5. The van der Waals surface area contributed by atoms with Crippen molar-refractivity contribution in [1.29, 1.82) is 0 Å². The third kappa shape index (κ3) is 3.16. The van der Waals surface area contributed by atoms with Crippen LogP contribution in [0.4, 0.5) is 0 Å². The first kappa shape index (κ1) is 19.3. The Hall–Kier alpha value is -3.65. The van der Waals surface area contributed by atoms with Crippen molar-refractivity contribution in [2.45, 2.75) is 12.1 Å². The number of nitrogens with zero attached hydrogens (tertiary/aromatic N) is 5. The summed E-state index contributed by atoms with van der Waals surface area (Å²) in [6.07, 6.45) is 1.85. The van der Waals surface area contributed by atoms with Gasteiger partial charge in [-0.2, -0.15) is 0 Å². The summed E-state index contributed by atoms with van der Waals surface area (Å²) in [5, 5.41) is 9.81. The van der Waals surface area contributed by atoms with Gasteiger partial charge in [-0.3, -0.25) is 14.0 Å². The quantitative estimate of drug-likeness (QED) is 0.315. The molecular weight excluding hydrogens is 410 g/mol. The number of para-hydroxylation sites is 2. The van der Waals surface area contributed by atoms with E-state index < -0.39 is 0 Å². The van der Waals surface area contributed by atoms with E-state index in [0.717, 1.165) is 11.3 Å². The SMILES string of the molecule is Cc1ccccc1-n1c(=O)c2ccccc2n2c(SCC(=O)c3cccn3C)nnc12. The molecule has 0 saturated heterocycles. The van der Waals surface area contributed by atoms with Gasteiger partial charge < -0.3 is 4.57 Å². The summed E-state index contributed by atoms with van der Waals surface area (Å²) in [4.78, 5) is 26.0. The third-order valence-corrected chi connectivity index (χ3v) is 6.24. The molecule has 0 radical (unpaired) electrons. The average molecular weight is 430 g/mol. The number of thioether (sulfide) groups is 1. The minimum Gasteiger partial charge on any atom is -0.348 e. The average Bonchev–Trinajstić information content (AvgIpc) is 3.40. The Kier molecular flexibility index (Phi) is 4.71. The zero-order valence-corrected chi connectivity index (χ0v) is 17.8. The Bertz CT molecular complexity index is 1510. The minimum atomic E-state index is -0.152. The number of Topliss-reactive ketones (excluding diaryl/α,β-unsaturated/α-hetero) is 1. The van der Waals surface area contributed by atoms with Crippen molar-refractivity contribution in [3.8, 4) is 5.69 Å². The smallest absolute Gasteiger partial charge is 0.267 e. The number of ketones is 1. The van der Waals surface area contributed by atoms with E-state index in [2.05, 4.69) is 10.2 Å². The molecule has 2 aromatic carbocycles. The van der Waals surface area contributed by atoms with Gasteiger partial charge in [-0.1, -0.05) is 42.1 Å². The van der Waals surface area contributed by atoms with Gasteiger partial charge in [0.15, 0.2) is 10.9 Å². The van der Waals surface area contributed by atoms with Crippen molar-refractivity contribution in [3.05, 3.63) is 88.5 Å². The van der Waals surface area contributed by atoms with Gasteiger partial charge in [-0.05, 0) is 42.8 Å². The standard InChI is InChI=1S/C23H19N5O2S/c1-15-8-3-5-10-17(15)27-21(30)16-9-4-6-11-18(16)28-22(27)24-25-23(28)31-14-20(29)19-12-7-13-26(19)2/h3-13H,14H2,1-2H3. The maximum Gasteiger partial charge on any atom is 0.267 e. The van der Waals surface area contributed by atoms with Crippen molar-refractivity contribution in [1.82, 2.24) is 23.7 Å². The summed E-state index contributed by atoms with van der Waals surface area (Å²) in [6, 6.07) is 18.7. The fraction of sp³-hybridized carbons (Fsp3) is 0.130. The van der Waals surface area contributed by atoms with Crippen LogP contribution < -0.4 is 5.56 Å². The largest absolute Gasteiger partial charge is 0.348 e. The number of benzene rings is 2. The van der Waals surface area contributed by atoms with Gasteiger partial charge in [0.2, 0.25) is 5.78 Å². The van der Waals surface area contributed by atoms with Crippen LogP contribution in [0.3, 0.4) is 0 Å². The first-order valence-electron chi connectivity index (χ1n) is 9.78. The van der Waals surface area contributed by atoms with Gasteiger partial charge >= 0.3 is 0 Å². The lowest BCUT2D eigenvalue weighted by atomic mass is 10.2. The van der Waals surface area contributed by atoms with Crippen molar-refractivity contribution in [2.75, 3.05) is 5.75 Å². The molecule has 8 heteroatoms. The van der Waals surface area contributed by atoms with Gasteiger partial charge in [0.25, 0.3) is 5.56 Å². The third-order valence-electron chi connectivity index (χ3n) is 5.31. The molecule has 154 valence electrons. The predicted octanol–water partition coefficient (Wildman–Crippen LogP) is 3.66. The fourth-order valence-corrected chi connectivity index (χ4v) is 4.57. The summed E-state index contributed by atoms with van der Waals surface area (Å²) >= 11 is 1.31. The highest BCUT2D eigenvalue weighted by molar-refractivity contribution is 7.99. The number of hydrogen-bond acceptors (Lipinski definition) is 5. The van der Waals surface area contributed by atoms with E-state index in [0.29, 0.717) is 27.5 Å². The molecule has 3 aromatic heterocycles. The lowest BCUT2D eigenvalue weighted by molar-refractivity contribution is 0.101. The minimum absolute atomic E-state index is 0.00535. The Balaban J connectivity index is 1.68. The molecule has 0 bridgehead atoms. The molecule has 0 atom stereocenters. The molecule has 31 heavy (non-hydrogen) atoms. The number of carbonyl (C=O) groups excluding carboxylic acids is 1. The second kappa shape index (κ2) is 7.55. The van der Waals surface area contributed by atoms with E-state index in [4.69, 9.17) is 0 Å². The fourth-order valence-electron chi connectivity index (χ4n) is 3.76. The predicted molar refractivity (Wildman–Crippen MR) is 121 cm³/mol. The summed E-state index contributed by atoms with van der Waals surface area (Å²) < 4.78 is 5.25. The van der Waals surface area contributed by atoms with Gasteiger partial charge in [0.05, 0.1) is 28.0 Å². The van der Waals surface area contributed by atoms with Crippen LogP contribution in [0.15, 0.2) is 76.8 Å². The first-order valence-corrected chi connectivity index (χ1v) is 10.8. The van der Waals surface area contributed by atoms with Gasteiger partial charge in [-0.25, -0.2) is 4.57 Å². The monoisotopic (exact) mass is 429 g/mol. The van der Waals surface area contributed by atoms with Crippen LogP contribution in [0.2, 0.25) is 0 Å². The van der Waals surface area contributed by atoms with Gasteiger partial charge in [0.1, 0.15) is 0 Å². The summed E-state index contributed by atoms with van der Waals surface area (Å²) in [5.74, 6) is 0.647. The van der Waals surface area contributed by atoms with Crippen molar-refractivity contribution >= 4 is 34.2 Å². The maximum absolute atomic E-state index is 13.4. The molecule has 0 fully saturated rings.